The lowest BCUT2D eigenvalue weighted by Crippen LogP contribution is -2.36. The van der Waals surface area contributed by atoms with Crippen LogP contribution in [0.2, 0.25) is 0 Å². The van der Waals surface area contributed by atoms with Gasteiger partial charge in [0.2, 0.25) is 5.13 Å². The minimum atomic E-state index is -0.200. The Morgan fingerprint density at radius 1 is 1.33 bits per heavy atom. The van der Waals surface area contributed by atoms with Crippen molar-refractivity contribution >= 4 is 22.5 Å². The average Bonchev–Trinajstić information content (AvgIpc) is 2.70. The van der Waals surface area contributed by atoms with Crippen molar-refractivity contribution in [3.05, 3.63) is 5.01 Å². The van der Waals surface area contributed by atoms with E-state index < -0.39 is 0 Å². The first-order valence-corrected chi connectivity index (χ1v) is 7.31. The molecule has 0 saturated carbocycles. The summed E-state index contributed by atoms with van der Waals surface area (Å²) >= 11 is 1.37. The molecular formula is C12H22N4OS. The third kappa shape index (κ3) is 5.95. The van der Waals surface area contributed by atoms with Gasteiger partial charge in [0.25, 0.3) is 0 Å². The van der Waals surface area contributed by atoms with Crippen LogP contribution in [-0.4, -0.2) is 22.3 Å². The molecule has 2 amide bonds. The van der Waals surface area contributed by atoms with Crippen LogP contribution in [0, 0.1) is 6.92 Å². The Balaban J connectivity index is 2.19. The highest BCUT2D eigenvalue weighted by atomic mass is 32.1. The summed E-state index contributed by atoms with van der Waals surface area (Å²) < 4.78 is 0. The Hall–Kier alpha value is -1.17. The van der Waals surface area contributed by atoms with Crippen molar-refractivity contribution in [1.82, 2.24) is 15.5 Å². The van der Waals surface area contributed by atoms with Crippen molar-refractivity contribution in [2.24, 2.45) is 0 Å². The number of carbonyl (C=O) groups is 1. The van der Waals surface area contributed by atoms with Gasteiger partial charge in [-0.2, -0.15) is 0 Å². The molecule has 1 aromatic heterocycles. The molecule has 1 atom stereocenters. The quantitative estimate of drug-likeness (QED) is 0.747. The molecule has 0 saturated heterocycles. The minimum absolute atomic E-state index is 0.191. The third-order valence-corrected chi connectivity index (χ3v) is 3.37. The second kappa shape index (κ2) is 8.02. The molecule has 5 nitrogen and oxygen atoms in total. The fourth-order valence-electron chi connectivity index (χ4n) is 1.65. The molecule has 6 heteroatoms. The Morgan fingerprint density at radius 3 is 2.72 bits per heavy atom. The van der Waals surface area contributed by atoms with Crippen molar-refractivity contribution in [2.75, 3.05) is 5.32 Å². The van der Waals surface area contributed by atoms with E-state index in [0.717, 1.165) is 17.8 Å². The number of urea groups is 1. The smallest absolute Gasteiger partial charge is 0.321 e. The minimum Gasteiger partial charge on any atom is -0.335 e. The van der Waals surface area contributed by atoms with Crippen LogP contribution in [0.5, 0.6) is 0 Å². The zero-order valence-corrected chi connectivity index (χ0v) is 12.1. The first kappa shape index (κ1) is 14.9. The number of hydrogen-bond acceptors (Lipinski definition) is 4. The van der Waals surface area contributed by atoms with Crippen LogP contribution in [0.1, 0.15) is 51.0 Å². The molecular weight excluding hydrogens is 248 g/mol. The molecule has 0 aliphatic carbocycles. The number of hydrogen-bond donors (Lipinski definition) is 2. The lowest BCUT2D eigenvalue weighted by atomic mass is 10.1. The number of nitrogens with one attached hydrogen (secondary N) is 2. The van der Waals surface area contributed by atoms with Crippen LogP contribution >= 0.6 is 11.3 Å². The highest BCUT2D eigenvalue weighted by Gasteiger charge is 2.09. The average molecular weight is 270 g/mol. The van der Waals surface area contributed by atoms with Gasteiger partial charge in [0, 0.05) is 6.04 Å². The summed E-state index contributed by atoms with van der Waals surface area (Å²) in [6.07, 6.45) is 5.91. The maximum Gasteiger partial charge on any atom is 0.321 e. The summed E-state index contributed by atoms with van der Waals surface area (Å²) in [5.74, 6) is 0. The summed E-state index contributed by atoms with van der Waals surface area (Å²) in [4.78, 5) is 11.6. The molecule has 0 radical (unpaired) electrons. The first-order valence-electron chi connectivity index (χ1n) is 6.49. The molecule has 0 spiro atoms. The van der Waals surface area contributed by atoms with Gasteiger partial charge in [-0.05, 0) is 20.3 Å². The van der Waals surface area contributed by atoms with Crippen LogP contribution in [0.4, 0.5) is 9.93 Å². The summed E-state index contributed by atoms with van der Waals surface area (Å²) in [7, 11) is 0. The van der Waals surface area contributed by atoms with Gasteiger partial charge in [-0.3, -0.25) is 5.32 Å². The molecule has 0 bridgehead atoms. The molecule has 1 aromatic rings. The van der Waals surface area contributed by atoms with Gasteiger partial charge in [0.15, 0.2) is 0 Å². The molecule has 0 fully saturated rings. The Morgan fingerprint density at radius 2 is 2.11 bits per heavy atom. The number of rotatable bonds is 7. The van der Waals surface area contributed by atoms with Gasteiger partial charge in [0.1, 0.15) is 5.01 Å². The van der Waals surface area contributed by atoms with E-state index in [4.69, 9.17) is 0 Å². The summed E-state index contributed by atoms with van der Waals surface area (Å²) in [6.45, 7) is 6.08. The van der Waals surface area contributed by atoms with Crippen molar-refractivity contribution in [3.8, 4) is 0 Å². The molecule has 1 unspecified atom stereocenters. The Kier molecular flexibility index (Phi) is 6.64. The van der Waals surface area contributed by atoms with Crippen LogP contribution in [0.25, 0.3) is 0 Å². The highest BCUT2D eigenvalue weighted by Crippen LogP contribution is 2.13. The Labute approximate surface area is 112 Å². The number of unbranched alkanes of at least 4 members (excludes halogenated alkanes) is 3. The molecule has 1 heterocycles. The monoisotopic (exact) mass is 270 g/mol. The van der Waals surface area contributed by atoms with Gasteiger partial charge >= 0.3 is 6.03 Å². The third-order valence-electron chi connectivity index (χ3n) is 2.61. The molecule has 0 aliphatic heterocycles. The maximum absolute atomic E-state index is 11.6. The van der Waals surface area contributed by atoms with E-state index in [1.54, 1.807) is 0 Å². The summed E-state index contributed by atoms with van der Waals surface area (Å²) in [5.41, 5.74) is 0. The van der Waals surface area contributed by atoms with Gasteiger partial charge < -0.3 is 5.32 Å². The topological polar surface area (TPSA) is 66.9 Å². The standard InChI is InChI=1S/C12H22N4OS/c1-4-5-6-7-8-9(2)13-11(17)14-12-16-15-10(3)18-12/h9H,4-8H2,1-3H3,(H2,13,14,16,17). The lowest BCUT2D eigenvalue weighted by Gasteiger charge is -2.13. The van der Waals surface area contributed by atoms with Crippen molar-refractivity contribution in [3.63, 3.8) is 0 Å². The van der Waals surface area contributed by atoms with Gasteiger partial charge in [-0.15, -0.1) is 10.2 Å². The van der Waals surface area contributed by atoms with Gasteiger partial charge in [0.05, 0.1) is 0 Å². The zero-order chi connectivity index (χ0) is 13.4. The SMILES string of the molecule is CCCCCCC(C)NC(=O)Nc1nnc(C)s1. The maximum atomic E-state index is 11.6. The van der Waals surface area contributed by atoms with E-state index >= 15 is 0 Å². The molecule has 1 rings (SSSR count). The molecule has 102 valence electrons. The van der Waals surface area contributed by atoms with Crippen molar-refractivity contribution in [2.45, 2.75) is 58.9 Å². The number of amides is 2. The lowest BCUT2D eigenvalue weighted by molar-refractivity contribution is 0.248. The number of nitrogens with zero attached hydrogens (tertiary/aromatic N) is 2. The van der Waals surface area contributed by atoms with E-state index in [-0.39, 0.29) is 12.1 Å². The molecule has 18 heavy (non-hydrogen) atoms. The van der Waals surface area contributed by atoms with Crippen molar-refractivity contribution in [1.29, 1.82) is 0 Å². The fraction of sp³-hybridized carbons (Fsp3) is 0.750. The van der Waals surface area contributed by atoms with Crippen LogP contribution in [0.3, 0.4) is 0 Å². The largest absolute Gasteiger partial charge is 0.335 e. The van der Waals surface area contributed by atoms with Gasteiger partial charge in [-0.25, -0.2) is 4.79 Å². The number of carbonyl (C=O) groups excluding carboxylic acids is 1. The second-order valence-electron chi connectivity index (χ2n) is 4.48. The zero-order valence-electron chi connectivity index (χ0n) is 11.3. The summed E-state index contributed by atoms with van der Waals surface area (Å²) in [6, 6.07) is -0.00924. The van der Waals surface area contributed by atoms with E-state index in [1.165, 1.54) is 30.6 Å². The van der Waals surface area contributed by atoms with Gasteiger partial charge in [-0.1, -0.05) is 43.9 Å². The predicted molar refractivity (Wildman–Crippen MR) is 75.0 cm³/mol. The fourth-order valence-corrected chi connectivity index (χ4v) is 2.24. The van der Waals surface area contributed by atoms with E-state index in [9.17, 15) is 4.79 Å². The number of aryl methyl sites for hydroxylation is 1. The summed E-state index contributed by atoms with van der Waals surface area (Å²) in [5, 5.41) is 14.7. The van der Waals surface area contributed by atoms with Crippen LogP contribution in [-0.2, 0) is 0 Å². The van der Waals surface area contributed by atoms with Crippen LogP contribution in [0.15, 0.2) is 0 Å². The molecule has 0 aliphatic rings. The van der Waals surface area contributed by atoms with E-state index in [0.29, 0.717) is 5.13 Å². The molecule has 2 N–H and O–H groups in total. The predicted octanol–water partition coefficient (Wildman–Crippen LogP) is 3.33. The highest BCUT2D eigenvalue weighted by molar-refractivity contribution is 7.15. The van der Waals surface area contributed by atoms with E-state index in [1.807, 2.05) is 13.8 Å². The van der Waals surface area contributed by atoms with Crippen molar-refractivity contribution < 1.29 is 4.79 Å². The first-order chi connectivity index (χ1) is 8.61. The second-order valence-corrected chi connectivity index (χ2v) is 5.66. The Bertz CT molecular complexity index is 367. The molecule has 0 aromatic carbocycles. The number of aromatic nitrogens is 2. The number of anilines is 1. The normalized spacial score (nSPS) is 12.2. The van der Waals surface area contributed by atoms with Crippen LogP contribution < -0.4 is 10.6 Å². The van der Waals surface area contributed by atoms with E-state index in [2.05, 4.69) is 27.8 Å².